The Hall–Kier alpha value is -6.28. The lowest BCUT2D eigenvalue weighted by atomic mass is 10.2. The SMILES string of the molecule is C.CCCOc1cccc(Nc2ncc(F)c(Nc3ccccc3NS(C)(=O)=O)n2)c1.CS(=O)(=O)Cc1ccccc1Nc1nc(Nc2cccc(OCCN)c2)ncc1Cl. The van der Waals surface area contributed by atoms with Gasteiger partial charge in [-0.15, -0.1) is 0 Å². The molecule has 0 saturated heterocycles. The van der Waals surface area contributed by atoms with E-state index in [0.717, 1.165) is 24.6 Å². The largest absolute Gasteiger partial charge is 0.494 e. The molecule has 0 spiro atoms. The van der Waals surface area contributed by atoms with E-state index in [-0.39, 0.29) is 30.6 Å². The molecule has 0 aliphatic rings. The molecule has 16 nitrogen and oxygen atoms in total. The zero-order valence-electron chi connectivity index (χ0n) is 32.8. The van der Waals surface area contributed by atoms with E-state index < -0.39 is 25.7 Å². The van der Waals surface area contributed by atoms with Crippen LogP contribution >= 0.6 is 11.6 Å². The minimum Gasteiger partial charge on any atom is -0.494 e. The Labute approximate surface area is 360 Å². The fourth-order valence-corrected chi connectivity index (χ4v) is 6.73. The number of hydrogen-bond donors (Lipinski definition) is 6. The van der Waals surface area contributed by atoms with Crippen LogP contribution < -0.4 is 41.2 Å². The number of sulfone groups is 1. The summed E-state index contributed by atoms with van der Waals surface area (Å²) in [5.74, 6) is 1.32. The number of hydrogen-bond acceptors (Lipinski definition) is 15. The number of para-hydroxylation sites is 3. The molecule has 61 heavy (non-hydrogen) atoms. The molecule has 0 amide bonds. The molecule has 4 aromatic carbocycles. The van der Waals surface area contributed by atoms with Gasteiger partial charge in [-0.25, -0.2) is 31.2 Å². The number of halogens is 2. The van der Waals surface area contributed by atoms with Gasteiger partial charge in [0, 0.05) is 42.0 Å². The summed E-state index contributed by atoms with van der Waals surface area (Å²) in [6, 6.07) is 28.2. The molecular weight excluding hydrogens is 847 g/mol. The Morgan fingerprint density at radius 1 is 0.689 bits per heavy atom. The molecule has 20 heteroatoms. The normalized spacial score (nSPS) is 10.9. The summed E-state index contributed by atoms with van der Waals surface area (Å²) in [6.07, 6.45) is 5.61. The highest BCUT2D eigenvalue weighted by atomic mass is 35.5. The fraction of sp³-hybridized carbons (Fsp3) is 0.220. The molecule has 0 radical (unpaired) electrons. The van der Waals surface area contributed by atoms with Crippen molar-refractivity contribution in [1.29, 1.82) is 0 Å². The molecule has 2 heterocycles. The first-order valence-corrected chi connectivity index (χ1v) is 22.6. The first-order valence-electron chi connectivity index (χ1n) is 18.3. The molecule has 0 fully saturated rings. The highest BCUT2D eigenvalue weighted by molar-refractivity contribution is 7.92. The topological polar surface area (TPSA) is 224 Å². The molecule has 7 N–H and O–H groups in total. The van der Waals surface area contributed by atoms with Crippen LogP contribution in [0.2, 0.25) is 5.02 Å². The van der Waals surface area contributed by atoms with Gasteiger partial charge in [0.2, 0.25) is 21.9 Å². The highest BCUT2D eigenvalue weighted by Crippen LogP contribution is 2.30. The Morgan fingerprint density at radius 3 is 1.82 bits per heavy atom. The summed E-state index contributed by atoms with van der Waals surface area (Å²) in [5, 5.41) is 12.3. The summed E-state index contributed by atoms with van der Waals surface area (Å²) in [5.41, 5.74) is 8.72. The maximum atomic E-state index is 14.3. The summed E-state index contributed by atoms with van der Waals surface area (Å²) >= 11 is 6.25. The van der Waals surface area contributed by atoms with Crippen LogP contribution in [0, 0.1) is 5.82 Å². The van der Waals surface area contributed by atoms with Gasteiger partial charge in [-0.2, -0.15) is 9.97 Å². The van der Waals surface area contributed by atoms with Crippen molar-refractivity contribution in [2.45, 2.75) is 26.5 Å². The number of sulfonamides is 1. The number of nitrogens with two attached hydrogens (primary N) is 1. The molecule has 0 aliphatic carbocycles. The van der Waals surface area contributed by atoms with Crippen LogP contribution in [0.25, 0.3) is 0 Å². The number of aromatic nitrogens is 4. The smallest absolute Gasteiger partial charge is 0.229 e. The van der Waals surface area contributed by atoms with E-state index in [2.05, 4.69) is 45.9 Å². The van der Waals surface area contributed by atoms with E-state index in [1.807, 2.05) is 49.4 Å². The lowest BCUT2D eigenvalue weighted by Gasteiger charge is -2.13. The second-order valence-electron chi connectivity index (χ2n) is 13.0. The van der Waals surface area contributed by atoms with Gasteiger partial charge in [0.15, 0.2) is 27.3 Å². The van der Waals surface area contributed by atoms with E-state index in [0.29, 0.717) is 70.7 Å². The van der Waals surface area contributed by atoms with Crippen molar-refractivity contribution in [2.75, 3.05) is 58.3 Å². The second-order valence-corrected chi connectivity index (χ2v) is 17.3. The van der Waals surface area contributed by atoms with E-state index in [1.165, 1.54) is 12.5 Å². The maximum absolute atomic E-state index is 14.3. The third-order valence-electron chi connectivity index (χ3n) is 7.69. The number of benzene rings is 4. The minimum absolute atomic E-state index is 0. The first-order chi connectivity index (χ1) is 28.7. The van der Waals surface area contributed by atoms with Crippen LogP contribution in [-0.2, 0) is 25.6 Å². The standard InChI is InChI=1S/C20H22ClN5O3S.C20H22FN5O3S.CH4/c1-30(27,28)13-14-5-2-3-8-18(14)25-19-17(21)12-23-20(26-19)24-15-6-4-7-16(11-15)29-10-9-22;1-3-11-29-15-8-6-7-14(12-15)23-20-22-13-16(21)19(25-20)24-17-9-4-5-10-18(17)26-30(2,27)28;/h2-8,11-12H,9-10,13,22H2,1H3,(H2,23,24,25,26);4-10,12-13,26H,3,11H2,1-2H3,(H2,22,23,24,25);1H4. The number of rotatable bonds is 18. The summed E-state index contributed by atoms with van der Waals surface area (Å²) in [7, 11) is -6.70. The van der Waals surface area contributed by atoms with Crippen molar-refractivity contribution in [3.63, 3.8) is 0 Å². The van der Waals surface area contributed by atoms with Crippen LogP contribution in [0.1, 0.15) is 26.3 Å². The molecule has 324 valence electrons. The quantitative estimate of drug-likeness (QED) is 0.0476. The summed E-state index contributed by atoms with van der Waals surface area (Å²) in [6.45, 7) is 3.47. The number of anilines is 9. The molecule has 0 bridgehead atoms. The Kier molecular flexibility index (Phi) is 17.4. The number of ether oxygens (including phenoxy) is 2. The Morgan fingerprint density at radius 2 is 1.23 bits per heavy atom. The molecule has 6 aromatic rings. The zero-order valence-corrected chi connectivity index (χ0v) is 35.2. The lowest BCUT2D eigenvalue weighted by Crippen LogP contribution is -2.11. The average molecular weight is 895 g/mol. The monoisotopic (exact) mass is 894 g/mol. The van der Waals surface area contributed by atoms with Crippen LogP contribution in [-0.4, -0.2) is 69.0 Å². The second kappa shape index (κ2) is 22.4. The van der Waals surface area contributed by atoms with Gasteiger partial charge < -0.3 is 36.5 Å². The summed E-state index contributed by atoms with van der Waals surface area (Å²) < 4.78 is 74.4. The van der Waals surface area contributed by atoms with E-state index in [1.54, 1.807) is 54.6 Å². The van der Waals surface area contributed by atoms with Gasteiger partial charge in [0.25, 0.3) is 0 Å². The molecule has 6 rings (SSSR count). The fourth-order valence-electron chi connectivity index (χ4n) is 5.20. The molecule has 0 aliphatic heterocycles. The number of nitrogens with zero attached hydrogens (tertiary/aromatic N) is 4. The van der Waals surface area contributed by atoms with Crippen molar-refractivity contribution < 1.29 is 30.7 Å². The third kappa shape index (κ3) is 15.7. The van der Waals surface area contributed by atoms with Crippen molar-refractivity contribution in [3.8, 4) is 11.5 Å². The van der Waals surface area contributed by atoms with E-state index in [4.69, 9.17) is 26.8 Å². The van der Waals surface area contributed by atoms with Crippen molar-refractivity contribution in [2.24, 2.45) is 5.73 Å². The van der Waals surface area contributed by atoms with Crippen LogP contribution in [0.3, 0.4) is 0 Å². The average Bonchev–Trinajstić information content (AvgIpc) is 3.20. The summed E-state index contributed by atoms with van der Waals surface area (Å²) in [4.78, 5) is 16.7. The molecule has 0 atom stereocenters. The van der Waals surface area contributed by atoms with Crippen molar-refractivity contribution >= 4 is 83.4 Å². The van der Waals surface area contributed by atoms with Crippen molar-refractivity contribution in [3.05, 3.63) is 126 Å². The molecular formula is C41H48ClFN10O6S2. The predicted octanol–water partition coefficient (Wildman–Crippen LogP) is 8.40. The Balaban J connectivity index is 0.000000264. The van der Waals surface area contributed by atoms with Crippen LogP contribution in [0.4, 0.5) is 56.4 Å². The van der Waals surface area contributed by atoms with Gasteiger partial charge in [0.05, 0.1) is 42.4 Å². The zero-order chi connectivity index (χ0) is 43.1. The Bertz CT molecular complexity index is 2430. The van der Waals surface area contributed by atoms with Crippen LogP contribution in [0.5, 0.6) is 11.5 Å². The van der Waals surface area contributed by atoms with Gasteiger partial charge in [-0.3, -0.25) is 4.72 Å². The number of nitrogens with one attached hydrogen (secondary N) is 5. The first kappa shape index (κ1) is 47.4. The van der Waals surface area contributed by atoms with Gasteiger partial charge >= 0.3 is 0 Å². The van der Waals surface area contributed by atoms with Gasteiger partial charge in [-0.05, 0) is 54.4 Å². The van der Waals surface area contributed by atoms with E-state index >= 15 is 0 Å². The lowest BCUT2D eigenvalue weighted by molar-refractivity contribution is 0.317. The van der Waals surface area contributed by atoms with Gasteiger partial charge in [0.1, 0.15) is 23.1 Å². The van der Waals surface area contributed by atoms with Gasteiger partial charge in [-0.1, -0.05) is 68.4 Å². The third-order valence-corrected chi connectivity index (χ3v) is 9.39. The molecule has 0 unspecified atom stereocenters. The minimum atomic E-state index is -3.50. The van der Waals surface area contributed by atoms with Crippen molar-refractivity contribution in [1.82, 2.24) is 19.9 Å². The maximum Gasteiger partial charge on any atom is 0.229 e. The van der Waals surface area contributed by atoms with E-state index in [9.17, 15) is 21.2 Å². The predicted molar refractivity (Wildman–Crippen MR) is 242 cm³/mol. The van der Waals surface area contributed by atoms with Crippen LogP contribution in [0.15, 0.2) is 109 Å². The highest BCUT2D eigenvalue weighted by Gasteiger charge is 2.14. The molecule has 0 saturated carbocycles. The molecule has 2 aromatic heterocycles.